The lowest BCUT2D eigenvalue weighted by Gasteiger charge is -2.22. The third kappa shape index (κ3) is 6.31. The molecule has 0 aliphatic carbocycles. The summed E-state index contributed by atoms with van der Waals surface area (Å²) in [6.07, 6.45) is 2.13. The van der Waals surface area contributed by atoms with Crippen molar-refractivity contribution in [2.45, 2.75) is 40.2 Å². The predicted molar refractivity (Wildman–Crippen MR) is 88.2 cm³/mol. The van der Waals surface area contributed by atoms with E-state index in [9.17, 15) is 0 Å². The van der Waals surface area contributed by atoms with Crippen molar-refractivity contribution in [2.24, 2.45) is 5.73 Å². The van der Waals surface area contributed by atoms with Gasteiger partial charge in [0, 0.05) is 18.3 Å². The molecule has 116 valence electrons. The summed E-state index contributed by atoms with van der Waals surface area (Å²) in [5.74, 6) is 0. The second kappa shape index (κ2) is 10.3. The van der Waals surface area contributed by atoms with E-state index in [0.29, 0.717) is 6.54 Å². The van der Waals surface area contributed by atoms with Gasteiger partial charge < -0.3 is 10.6 Å². The van der Waals surface area contributed by atoms with Gasteiger partial charge in [0.1, 0.15) is 0 Å². The second-order valence-electron chi connectivity index (χ2n) is 5.02. The Morgan fingerprint density at radius 2 is 1.75 bits per heavy atom. The van der Waals surface area contributed by atoms with Crippen molar-refractivity contribution in [1.82, 2.24) is 14.8 Å². The van der Waals surface area contributed by atoms with E-state index in [2.05, 4.69) is 40.9 Å². The molecule has 0 aliphatic heterocycles. The van der Waals surface area contributed by atoms with Crippen molar-refractivity contribution in [3.8, 4) is 0 Å². The van der Waals surface area contributed by atoms with Gasteiger partial charge in [-0.2, -0.15) is 0 Å². The van der Waals surface area contributed by atoms with Crippen molar-refractivity contribution in [2.75, 3.05) is 39.3 Å². The fraction of sp³-hybridized carbons (Fsp3) is 0.800. The normalized spacial score (nSPS) is 11.7. The molecule has 0 saturated carbocycles. The maximum absolute atomic E-state index is 5.57. The van der Waals surface area contributed by atoms with Gasteiger partial charge >= 0.3 is 0 Å². The Kier molecular flexibility index (Phi) is 9.02. The SMILES string of the molecule is CCN(CC)CCCN(CC)Cc1csc(CCN)n1. The monoisotopic (exact) mass is 298 g/mol. The average Bonchev–Trinajstić information content (AvgIpc) is 2.90. The number of aromatic nitrogens is 1. The fourth-order valence-electron chi connectivity index (χ4n) is 2.30. The van der Waals surface area contributed by atoms with Gasteiger partial charge in [-0.1, -0.05) is 20.8 Å². The fourth-order valence-corrected chi connectivity index (χ4v) is 3.10. The Balaban J connectivity index is 2.34. The Labute approximate surface area is 128 Å². The molecular weight excluding hydrogens is 268 g/mol. The first kappa shape index (κ1) is 17.6. The first-order valence-electron chi connectivity index (χ1n) is 7.81. The second-order valence-corrected chi connectivity index (χ2v) is 5.96. The van der Waals surface area contributed by atoms with Gasteiger partial charge in [-0.15, -0.1) is 11.3 Å². The molecule has 0 fully saturated rings. The van der Waals surface area contributed by atoms with Crippen molar-refractivity contribution in [1.29, 1.82) is 0 Å². The molecule has 1 rings (SSSR count). The molecule has 4 nitrogen and oxygen atoms in total. The first-order valence-corrected chi connectivity index (χ1v) is 8.69. The zero-order valence-corrected chi connectivity index (χ0v) is 14.1. The van der Waals surface area contributed by atoms with Gasteiger partial charge in [-0.25, -0.2) is 4.98 Å². The molecule has 1 aromatic rings. The third-order valence-corrected chi connectivity index (χ3v) is 4.59. The Morgan fingerprint density at radius 3 is 2.35 bits per heavy atom. The van der Waals surface area contributed by atoms with Crippen molar-refractivity contribution >= 4 is 11.3 Å². The smallest absolute Gasteiger partial charge is 0.0941 e. The van der Waals surface area contributed by atoms with Crippen LogP contribution in [0.3, 0.4) is 0 Å². The predicted octanol–water partition coefficient (Wildman–Crippen LogP) is 2.20. The molecule has 0 unspecified atom stereocenters. The van der Waals surface area contributed by atoms with Gasteiger partial charge in [0.2, 0.25) is 0 Å². The highest BCUT2D eigenvalue weighted by Crippen LogP contribution is 2.12. The highest BCUT2D eigenvalue weighted by molar-refractivity contribution is 7.09. The van der Waals surface area contributed by atoms with Crippen LogP contribution in [0.2, 0.25) is 0 Å². The summed E-state index contributed by atoms with van der Waals surface area (Å²) in [4.78, 5) is 9.61. The minimum Gasteiger partial charge on any atom is -0.330 e. The summed E-state index contributed by atoms with van der Waals surface area (Å²) in [6, 6.07) is 0. The van der Waals surface area contributed by atoms with E-state index in [4.69, 9.17) is 5.73 Å². The zero-order valence-electron chi connectivity index (χ0n) is 13.3. The van der Waals surface area contributed by atoms with E-state index < -0.39 is 0 Å². The van der Waals surface area contributed by atoms with Crippen molar-refractivity contribution in [3.05, 3.63) is 16.1 Å². The van der Waals surface area contributed by atoms with Crippen LogP contribution in [0.15, 0.2) is 5.38 Å². The molecule has 5 heteroatoms. The first-order chi connectivity index (χ1) is 9.73. The molecular formula is C15H30N4S. The number of rotatable bonds is 11. The van der Waals surface area contributed by atoms with Gasteiger partial charge in [-0.05, 0) is 45.7 Å². The lowest BCUT2D eigenvalue weighted by Crippen LogP contribution is -2.29. The van der Waals surface area contributed by atoms with E-state index in [1.165, 1.54) is 23.7 Å². The van der Waals surface area contributed by atoms with Crippen molar-refractivity contribution in [3.63, 3.8) is 0 Å². The van der Waals surface area contributed by atoms with Crippen LogP contribution in [0.25, 0.3) is 0 Å². The van der Waals surface area contributed by atoms with E-state index in [-0.39, 0.29) is 0 Å². The quantitative estimate of drug-likeness (QED) is 0.680. The van der Waals surface area contributed by atoms with E-state index in [1.807, 2.05) is 0 Å². The van der Waals surface area contributed by atoms with E-state index >= 15 is 0 Å². The van der Waals surface area contributed by atoms with Crippen LogP contribution < -0.4 is 5.73 Å². The highest BCUT2D eigenvalue weighted by Gasteiger charge is 2.08. The largest absolute Gasteiger partial charge is 0.330 e. The maximum atomic E-state index is 5.57. The minimum atomic E-state index is 0.689. The van der Waals surface area contributed by atoms with Gasteiger partial charge in [-0.3, -0.25) is 4.90 Å². The minimum absolute atomic E-state index is 0.689. The van der Waals surface area contributed by atoms with Crippen LogP contribution in [0.4, 0.5) is 0 Å². The topological polar surface area (TPSA) is 45.4 Å². The number of thiazole rings is 1. The molecule has 0 spiro atoms. The van der Waals surface area contributed by atoms with Gasteiger partial charge in [0.05, 0.1) is 10.7 Å². The number of nitrogens with two attached hydrogens (primary N) is 1. The summed E-state index contributed by atoms with van der Waals surface area (Å²) < 4.78 is 0. The Hall–Kier alpha value is -0.490. The van der Waals surface area contributed by atoms with Crippen LogP contribution in [-0.4, -0.2) is 54.1 Å². The van der Waals surface area contributed by atoms with Gasteiger partial charge in [0.15, 0.2) is 0 Å². The van der Waals surface area contributed by atoms with Crippen LogP contribution in [0.1, 0.15) is 37.9 Å². The Bertz CT molecular complexity index is 349. The maximum Gasteiger partial charge on any atom is 0.0941 e. The van der Waals surface area contributed by atoms with E-state index in [0.717, 1.165) is 39.1 Å². The zero-order chi connectivity index (χ0) is 14.8. The van der Waals surface area contributed by atoms with Crippen LogP contribution in [0, 0.1) is 0 Å². The van der Waals surface area contributed by atoms with E-state index in [1.54, 1.807) is 11.3 Å². The molecule has 0 atom stereocenters. The molecule has 0 aromatic carbocycles. The average molecular weight is 298 g/mol. The van der Waals surface area contributed by atoms with Crippen molar-refractivity contribution < 1.29 is 0 Å². The lowest BCUT2D eigenvalue weighted by atomic mass is 10.3. The molecule has 0 saturated heterocycles. The molecule has 0 aliphatic rings. The summed E-state index contributed by atoms with van der Waals surface area (Å²) in [6.45, 7) is 14.1. The standard InChI is InChI=1S/C15H30N4S/c1-4-18(5-2)10-7-11-19(6-3)12-14-13-20-15(17-14)8-9-16/h13H,4-12,16H2,1-3H3. The molecule has 1 heterocycles. The molecule has 0 radical (unpaired) electrons. The molecule has 0 bridgehead atoms. The number of hydrogen-bond donors (Lipinski definition) is 1. The highest BCUT2D eigenvalue weighted by atomic mass is 32.1. The molecule has 0 amide bonds. The third-order valence-electron chi connectivity index (χ3n) is 3.63. The lowest BCUT2D eigenvalue weighted by molar-refractivity contribution is 0.237. The molecule has 1 aromatic heterocycles. The summed E-state index contributed by atoms with van der Waals surface area (Å²) in [5.41, 5.74) is 6.77. The van der Waals surface area contributed by atoms with Crippen LogP contribution in [0.5, 0.6) is 0 Å². The number of hydrogen-bond acceptors (Lipinski definition) is 5. The summed E-state index contributed by atoms with van der Waals surface area (Å²) >= 11 is 1.74. The van der Waals surface area contributed by atoms with Crippen LogP contribution >= 0.6 is 11.3 Å². The summed E-state index contributed by atoms with van der Waals surface area (Å²) in [7, 11) is 0. The number of nitrogens with zero attached hydrogens (tertiary/aromatic N) is 3. The molecule has 2 N–H and O–H groups in total. The summed E-state index contributed by atoms with van der Waals surface area (Å²) in [5, 5.41) is 3.35. The molecule has 20 heavy (non-hydrogen) atoms. The Morgan fingerprint density at radius 1 is 1.10 bits per heavy atom. The van der Waals surface area contributed by atoms with Gasteiger partial charge in [0.25, 0.3) is 0 Å². The van der Waals surface area contributed by atoms with Crippen LogP contribution in [-0.2, 0) is 13.0 Å².